The summed E-state index contributed by atoms with van der Waals surface area (Å²) in [6.45, 7) is 1.65. The highest BCUT2D eigenvalue weighted by Crippen LogP contribution is 2.21. The van der Waals surface area contributed by atoms with Crippen molar-refractivity contribution in [2.45, 2.75) is 6.92 Å². The van der Waals surface area contributed by atoms with E-state index < -0.39 is 5.97 Å². The minimum atomic E-state index is -0.536. The average Bonchev–Trinajstić information content (AvgIpc) is 2.88. The van der Waals surface area contributed by atoms with Gasteiger partial charge >= 0.3 is 5.97 Å². The van der Waals surface area contributed by atoms with Crippen molar-refractivity contribution in [3.8, 4) is 11.6 Å². The maximum atomic E-state index is 11.5. The predicted octanol–water partition coefficient (Wildman–Crippen LogP) is 2.38. The number of esters is 1. The van der Waals surface area contributed by atoms with E-state index in [4.69, 9.17) is 4.42 Å². The number of benzene rings is 1. The van der Waals surface area contributed by atoms with Gasteiger partial charge in [0, 0.05) is 0 Å². The molecular formula is C14H11N3O3. The number of nitrogens with zero attached hydrogens (tertiary/aromatic N) is 3. The molecule has 0 radical (unpaired) electrons. The van der Waals surface area contributed by atoms with Crippen LogP contribution in [0.1, 0.15) is 16.2 Å². The fraction of sp³-hybridized carbons (Fsp3) is 0.143. The number of oxazole rings is 1. The van der Waals surface area contributed by atoms with Crippen molar-refractivity contribution in [2.75, 3.05) is 7.11 Å². The Bertz CT molecular complexity index is 795. The number of fused-ring (bicyclic) bond motifs is 1. The summed E-state index contributed by atoms with van der Waals surface area (Å²) in [6.07, 6.45) is 1.56. The lowest BCUT2D eigenvalue weighted by Crippen LogP contribution is -2.03. The molecule has 1 aromatic carbocycles. The Morgan fingerprint density at radius 2 is 1.95 bits per heavy atom. The van der Waals surface area contributed by atoms with Crippen LogP contribution in [0.15, 0.2) is 34.9 Å². The molecule has 0 spiro atoms. The van der Waals surface area contributed by atoms with Crippen molar-refractivity contribution in [1.82, 2.24) is 15.0 Å². The number of carbonyl (C=O) groups excluding carboxylic acids is 1. The maximum absolute atomic E-state index is 11.5. The second kappa shape index (κ2) is 4.73. The largest absolute Gasteiger partial charge is 0.464 e. The zero-order valence-electron chi connectivity index (χ0n) is 11.0. The molecule has 0 aliphatic carbocycles. The van der Waals surface area contributed by atoms with Gasteiger partial charge in [-0.15, -0.1) is 0 Å². The third kappa shape index (κ3) is 2.01. The summed E-state index contributed by atoms with van der Waals surface area (Å²) in [7, 11) is 1.30. The van der Waals surface area contributed by atoms with E-state index in [0.717, 1.165) is 11.0 Å². The Hall–Kier alpha value is -2.76. The van der Waals surface area contributed by atoms with E-state index >= 15 is 0 Å². The fourth-order valence-corrected chi connectivity index (χ4v) is 1.85. The molecule has 0 saturated carbocycles. The van der Waals surface area contributed by atoms with E-state index in [9.17, 15) is 4.79 Å². The average molecular weight is 269 g/mol. The molecule has 0 bridgehead atoms. The maximum Gasteiger partial charge on any atom is 0.360 e. The summed E-state index contributed by atoms with van der Waals surface area (Å²) in [5.74, 6) is 0.106. The first-order chi connectivity index (χ1) is 9.69. The van der Waals surface area contributed by atoms with Gasteiger partial charge in [0.2, 0.25) is 5.89 Å². The van der Waals surface area contributed by atoms with Gasteiger partial charge in [-0.05, 0) is 19.1 Å². The summed E-state index contributed by atoms with van der Waals surface area (Å²) < 4.78 is 10.1. The van der Waals surface area contributed by atoms with Crippen LogP contribution in [0.25, 0.3) is 22.6 Å². The van der Waals surface area contributed by atoms with Crippen LogP contribution in [-0.2, 0) is 4.74 Å². The van der Waals surface area contributed by atoms with Crippen LogP contribution in [0.5, 0.6) is 0 Å². The molecule has 0 atom stereocenters. The van der Waals surface area contributed by atoms with Gasteiger partial charge in [0.25, 0.3) is 0 Å². The minimum Gasteiger partial charge on any atom is -0.464 e. The van der Waals surface area contributed by atoms with E-state index in [2.05, 4.69) is 19.7 Å². The van der Waals surface area contributed by atoms with Crippen molar-refractivity contribution in [3.63, 3.8) is 0 Å². The number of carbonyl (C=O) groups is 1. The normalized spacial score (nSPS) is 10.7. The number of aromatic nitrogens is 3. The van der Waals surface area contributed by atoms with Crippen LogP contribution in [-0.4, -0.2) is 28.0 Å². The topological polar surface area (TPSA) is 78.1 Å². The van der Waals surface area contributed by atoms with Gasteiger partial charge in [-0.2, -0.15) is 0 Å². The fourth-order valence-electron chi connectivity index (χ4n) is 1.85. The van der Waals surface area contributed by atoms with Gasteiger partial charge in [0.05, 0.1) is 24.3 Å². The number of ether oxygens (including phenoxy) is 1. The number of hydrogen-bond acceptors (Lipinski definition) is 6. The van der Waals surface area contributed by atoms with Crippen molar-refractivity contribution in [2.24, 2.45) is 0 Å². The molecule has 0 amide bonds. The van der Waals surface area contributed by atoms with Crippen LogP contribution in [0.3, 0.4) is 0 Å². The zero-order valence-corrected chi connectivity index (χ0v) is 11.0. The smallest absolute Gasteiger partial charge is 0.360 e. The van der Waals surface area contributed by atoms with Crippen LogP contribution in [0, 0.1) is 6.92 Å². The number of methoxy groups -OCH3 is 1. The van der Waals surface area contributed by atoms with Gasteiger partial charge in [-0.1, -0.05) is 12.1 Å². The molecule has 100 valence electrons. The van der Waals surface area contributed by atoms with Gasteiger partial charge in [0.15, 0.2) is 5.69 Å². The van der Waals surface area contributed by atoms with Crippen LogP contribution >= 0.6 is 0 Å². The zero-order chi connectivity index (χ0) is 14.1. The highest BCUT2D eigenvalue weighted by atomic mass is 16.5. The van der Waals surface area contributed by atoms with Crippen LogP contribution < -0.4 is 0 Å². The number of rotatable bonds is 2. The summed E-state index contributed by atoms with van der Waals surface area (Å²) in [5.41, 5.74) is 2.15. The molecule has 0 aliphatic rings. The number of hydrogen-bond donors (Lipinski definition) is 0. The van der Waals surface area contributed by atoms with Crippen LogP contribution in [0.2, 0.25) is 0 Å². The summed E-state index contributed by atoms with van der Waals surface area (Å²) in [5, 5.41) is 0. The monoisotopic (exact) mass is 269 g/mol. The Kier molecular flexibility index (Phi) is 2.90. The predicted molar refractivity (Wildman–Crippen MR) is 71.1 cm³/mol. The first-order valence-electron chi connectivity index (χ1n) is 5.97. The lowest BCUT2D eigenvalue weighted by molar-refractivity contribution is 0.0593. The third-order valence-corrected chi connectivity index (χ3v) is 2.84. The SMILES string of the molecule is COC(=O)c1nc(-c2cnc3ccccc3n2)oc1C. The van der Waals surface area contributed by atoms with E-state index in [1.54, 1.807) is 13.1 Å². The van der Waals surface area contributed by atoms with E-state index in [-0.39, 0.29) is 11.6 Å². The molecule has 6 heteroatoms. The molecule has 0 unspecified atom stereocenters. The Balaban J connectivity index is 2.09. The molecular weight excluding hydrogens is 258 g/mol. The number of aryl methyl sites for hydroxylation is 1. The van der Waals surface area contributed by atoms with E-state index in [1.165, 1.54) is 7.11 Å². The van der Waals surface area contributed by atoms with Gasteiger partial charge in [-0.3, -0.25) is 4.98 Å². The summed E-state index contributed by atoms with van der Waals surface area (Å²) in [4.78, 5) is 24.3. The third-order valence-electron chi connectivity index (χ3n) is 2.84. The first kappa shape index (κ1) is 12.3. The lowest BCUT2D eigenvalue weighted by atomic mass is 10.3. The Labute approximate surface area is 114 Å². The first-order valence-corrected chi connectivity index (χ1v) is 5.97. The summed E-state index contributed by atoms with van der Waals surface area (Å²) in [6, 6.07) is 7.48. The highest BCUT2D eigenvalue weighted by molar-refractivity contribution is 5.88. The summed E-state index contributed by atoms with van der Waals surface area (Å²) >= 11 is 0. The minimum absolute atomic E-state index is 0.150. The molecule has 3 aromatic rings. The van der Waals surface area contributed by atoms with E-state index in [1.807, 2.05) is 24.3 Å². The lowest BCUT2D eigenvalue weighted by Gasteiger charge is -1.97. The van der Waals surface area contributed by atoms with Crippen molar-refractivity contribution in [3.05, 3.63) is 41.9 Å². The molecule has 2 aromatic heterocycles. The van der Waals surface area contributed by atoms with Crippen molar-refractivity contribution in [1.29, 1.82) is 0 Å². The molecule has 0 saturated heterocycles. The quantitative estimate of drug-likeness (QED) is 0.665. The molecule has 6 nitrogen and oxygen atoms in total. The molecule has 20 heavy (non-hydrogen) atoms. The Morgan fingerprint density at radius 3 is 2.70 bits per heavy atom. The molecule has 3 rings (SSSR count). The van der Waals surface area contributed by atoms with Gasteiger partial charge in [-0.25, -0.2) is 14.8 Å². The highest BCUT2D eigenvalue weighted by Gasteiger charge is 2.19. The molecule has 2 heterocycles. The van der Waals surface area contributed by atoms with E-state index in [0.29, 0.717) is 11.5 Å². The standard InChI is InChI=1S/C14H11N3O3/c1-8-12(14(18)19-2)17-13(20-8)11-7-15-9-5-3-4-6-10(9)16-11/h3-7H,1-2H3. The van der Waals surface area contributed by atoms with Crippen molar-refractivity contribution >= 4 is 17.0 Å². The molecule has 0 fully saturated rings. The number of para-hydroxylation sites is 2. The second-order valence-electron chi connectivity index (χ2n) is 4.16. The molecule has 0 aliphatic heterocycles. The Morgan fingerprint density at radius 1 is 1.20 bits per heavy atom. The van der Waals surface area contributed by atoms with Crippen LogP contribution in [0.4, 0.5) is 0 Å². The molecule has 0 N–H and O–H groups in total. The second-order valence-corrected chi connectivity index (χ2v) is 4.16. The van der Waals surface area contributed by atoms with Gasteiger partial charge in [0.1, 0.15) is 11.5 Å². The van der Waals surface area contributed by atoms with Crippen molar-refractivity contribution < 1.29 is 13.9 Å². The van der Waals surface area contributed by atoms with Gasteiger partial charge < -0.3 is 9.15 Å².